The third-order valence-electron chi connectivity index (χ3n) is 14.1. The van der Waals surface area contributed by atoms with Crippen LogP contribution in [0.15, 0.2) is 11.6 Å². The van der Waals surface area contributed by atoms with Gasteiger partial charge in [-0.05, 0) is 93.0 Å². The number of fused-ring (bicyclic) bond motifs is 5. The second-order valence-electron chi connectivity index (χ2n) is 16.5. The topological polar surface area (TPSA) is 225 Å². The largest absolute Gasteiger partial charge is 0.458 e. The summed E-state index contributed by atoms with van der Waals surface area (Å²) in [4.78, 5) is 11.9. The van der Waals surface area contributed by atoms with E-state index in [9.17, 15) is 45.6 Å². The second kappa shape index (κ2) is 13.0. The molecule has 6 fully saturated rings. The predicted molar refractivity (Wildman–Crippen MR) is 167 cm³/mol. The molecule has 0 spiro atoms. The first-order valence-electron chi connectivity index (χ1n) is 18.0. The number of hydrogen-bond acceptors (Lipinski definition) is 14. The Bertz CT molecular complexity index is 1280. The lowest BCUT2D eigenvalue weighted by molar-refractivity contribution is -0.360. The molecule has 4 saturated carbocycles. The van der Waals surface area contributed by atoms with Crippen molar-refractivity contribution in [3.8, 4) is 0 Å². The molecule has 3 aliphatic heterocycles. The molecule has 7 rings (SSSR count). The molecule has 0 aromatic heterocycles. The van der Waals surface area contributed by atoms with Crippen LogP contribution in [0, 0.1) is 34.5 Å². The Kier molecular flexibility index (Phi) is 9.57. The van der Waals surface area contributed by atoms with Gasteiger partial charge >= 0.3 is 5.97 Å². The molecule has 2 saturated heterocycles. The third kappa shape index (κ3) is 5.64. The summed E-state index contributed by atoms with van der Waals surface area (Å²) >= 11 is 0. The lowest BCUT2D eigenvalue weighted by Crippen LogP contribution is -2.66. The van der Waals surface area contributed by atoms with Crippen LogP contribution in [0.25, 0.3) is 0 Å². The predicted octanol–water partition coefficient (Wildman–Crippen LogP) is -0.749. The van der Waals surface area contributed by atoms with Crippen LogP contribution in [-0.4, -0.2) is 139 Å². The van der Waals surface area contributed by atoms with E-state index in [1.165, 1.54) is 0 Å². The van der Waals surface area contributed by atoms with Gasteiger partial charge in [-0.2, -0.15) is 0 Å². The van der Waals surface area contributed by atoms with Gasteiger partial charge in [0.05, 0.1) is 30.5 Å². The summed E-state index contributed by atoms with van der Waals surface area (Å²) in [5.41, 5.74) is -0.847. The molecule has 19 atom stereocenters. The van der Waals surface area contributed by atoms with E-state index in [1.807, 2.05) is 0 Å². The van der Waals surface area contributed by atoms with Crippen LogP contribution in [0.3, 0.4) is 0 Å². The van der Waals surface area contributed by atoms with Gasteiger partial charge in [0.1, 0.15) is 49.3 Å². The number of rotatable bonds is 6. The summed E-state index contributed by atoms with van der Waals surface area (Å²) < 4.78 is 28.7. The van der Waals surface area contributed by atoms with Crippen LogP contribution in [0.1, 0.15) is 72.1 Å². The zero-order chi connectivity index (χ0) is 35.2. The molecule has 4 aliphatic carbocycles. The maximum absolute atomic E-state index is 12.5. The molecule has 278 valence electrons. The number of carbonyl (C=O) groups excluding carboxylic acids is 1. The fourth-order valence-electron chi connectivity index (χ4n) is 11.4. The van der Waals surface area contributed by atoms with Crippen LogP contribution in [0.5, 0.6) is 0 Å². The first-order chi connectivity index (χ1) is 23.1. The monoisotopic (exact) mass is 698 g/mol. The fourth-order valence-corrected chi connectivity index (χ4v) is 11.4. The molecular formula is C35H54O14. The van der Waals surface area contributed by atoms with Gasteiger partial charge in [-0.3, -0.25) is 0 Å². The van der Waals surface area contributed by atoms with E-state index in [0.29, 0.717) is 25.7 Å². The molecule has 8 N–H and O–H groups in total. The summed E-state index contributed by atoms with van der Waals surface area (Å²) in [6.45, 7) is 5.54. The van der Waals surface area contributed by atoms with Gasteiger partial charge in [-0.1, -0.05) is 13.8 Å². The highest BCUT2D eigenvalue weighted by Crippen LogP contribution is 2.70. The van der Waals surface area contributed by atoms with E-state index in [-0.39, 0.29) is 47.8 Å². The molecule has 49 heavy (non-hydrogen) atoms. The highest BCUT2D eigenvalue weighted by molar-refractivity contribution is 5.85. The van der Waals surface area contributed by atoms with Crippen molar-refractivity contribution in [1.82, 2.24) is 0 Å². The van der Waals surface area contributed by atoms with Crippen LogP contribution in [-0.2, 0) is 28.5 Å². The molecular weight excluding hydrogens is 644 g/mol. The number of carbonyl (C=O) groups is 1. The molecule has 3 heterocycles. The molecule has 14 heteroatoms. The van der Waals surface area contributed by atoms with Crippen LogP contribution in [0.2, 0.25) is 0 Å². The Labute approximate surface area is 285 Å². The van der Waals surface area contributed by atoms with Crippen LogP contribution >= 0.6 is 0 Å². The van der Waals surface area contributed by atoms with Gasteiger partial charge < -0.3 is 64.5 Å². The van der Waals surface area contributed by atoms with E-state index < -0.39 is 85.1 Å². The Hall–Kier alpha value is -1.27. The van der Waals surface area contributed by atoms with Crippen molar-refractivity contribution in [1.29, 1.82) is 0 Å². The smallest absolute Gasteiger partial charge is 0.331 e. The summed E-state index contributed by atoms with van der Waals surface area (Å²) in [6.07, 6.45) is -7.62. The summed E-state index contributed by atoms with van der Waals surface area (Å²) in [6, 6.07) is 0. The Morgan fingerprint density at radius 3 is 2.29 bits per heavy atom. The minimum Gasteiger partial charge on any atom is -0.458 e. The zero-order valence-corrected chi connectivity index (χ0v) is 28.4. The molecule has 7 aliphatic rings. The number of cyclic esters (lactones) is 1. The summed E-state index contributed by atoms with van der Waals surface area (Å²) in [5.74, 6) is -0.342. The van der Waals surface area contributed by atoms with Crippen molar-refractivity contribution < 1.29 is 69.3 Å². The average molecular weight is 699 g/mol. The molecule has 0 aromatic rings. The normalized spacial score (nSPS) is 56.0. The van der Waals surface area contributed by atoms with Gasteiger partial charge in [0, 0.05) is 11.5 Å². The van der Waals surface area contributed by atoms with E-state index in [0.717, 1.165) is 31.3 Å². The van der Waals surface area contributed by atoms with Gasteiger partial charge in [0.15, 0.2) is 12.6 Å². The van der Waals surface area contributed by atoms with Crippen molar-refractivity contribution in [3.63, 3.8) is 0 Å². The lowest BCUT2D eigenvalue weighted by atomic mass is 9.42. The number of aliphatic hydroxyl groups is 8. The van der Waals surface area contributed by atoms with Gasteiger partial charge in [-0.25, -0.2) is 4.79 Å². The van der Waals surface area contributed by atoms with E-state index in [4.69, 9.17) is 23.7 Å². The summed E-state index contributed by atoms with van der Waals surface area (Å²) in [7, 11) is 0. The molecule has 0 bridgehead atoms. The quantitative estimate of drug-likeness (QED) is 0.126. The molecule has 14 nitrogen and oxygen atoms in total. The number of esters is 1. The maximum atomic E-state index is 12.5. The van der Waals surface area contributed by atoms with Gasteiger partial charge in [0.25, 0.3) is 0 Å². The van der Waals surface area contributed by atoms with Gasteiger partial charge in [0.2, 0.25) is 0 Å². The van der Waals surface area contributed by atoms with Crippen molar-refractivity contribution in [2.45, 2.75) is 151 Å². The Balaban J connectivity index is 0.995. The molecule has 0 amide bonds. The average Bonchev–Trinajstić information content (AvgIpc) is 3.60. The van der Waals surface area contributed by atoms with Crippen LogP contribution in [0.4, 0.5) is 0 Å². The number of ether oxygens (including phenoxy) is 5. The Morgan fingerprint density at radius 2 is 1.59 bits per heavy atom. The molecule has 0 aromatic carbocycles. The first-order valence-corrected chi connectivity index (χ1v) is 18.0. The van der Waals surface area contributed by atoms with Crippen LogP contribution < -0.4 is 0 Å². The van der Waals surface area contributed by atoms with E-state index >= 15 is 0 Å². The van der Waals surface area contributed by atoms with E-state index in [1.54, 1.807) is 13.0 Å². The maximum Gasteiger partial charge on any atom is 0.331 e. The standard InChI is InChI=1S/C35H54O14/c1-15-30(49-32-28(42)26(40)25(39)22(13-36)48-32)27(41)29(43)31(46-15)47-18-6-8-33(2)17(11-18)4-5-20-24(33)21(37)12-34(3)19(7-9-35(20,34)44)16-10-23(38)45-14-16/h10,15,17-22,24-32,36-37,39-44H,4-9,11-14H2,1-3H3/t15-,17+,18-,19-,20-,21+,22+,24+,25-,26+,27-,28-,29+,30-,31+,32-,33-,34+,35-/m0/s1. The third-order valence-corrected chi connectivity index (χ3v) is 14.1. The van der Waals surface area contributed by atoms with Crippen molar-refractivity contribution in [3.05, 3.63) is 11.6 Å². The van der Waals surface area contributed by atoms with Crippen molar-refractivity contribution in [2.75, 3.05) is 13.2 Å². The molecule has 0 unspecified atom stereocenters. The molecule has 0 radical (unpaired) electrons. The lowest BCUT2D eigenvalue weighted by Gasteiger charge is -2.65. The minimum atomic E-state index is -1.67. The highest BCUT2D eigenvalue weighted by Gasteiger charge is 2.70. The first kappa shape index (κ1) is 36.1. The summed E-state index contributed by atoms with van der Waals surface area (Å²) in [5, 5.41) is 86.6. The second-order valence-corrected chi connectivity index (χ2v) is 16.5. The number of hydrogen-bond donors (Lipinski definition) is 8. The van der Waals surface area contributed by atoms with Gasteiger partial charge in [-0.15, -0.1) is 0 Å². The number of aliphatic hydroxyl groups excluding tert-OH is 7. The van der Waals surface area contributed by atoms with Crippen molar-refractivity contribution >= 4 is 5.97 Å². The van der Waals surface area contributed by atoms with Crippen molar-refractivity contribution in [2.24, 2.45) is 34.5 Å². The highest BCUT2D eigenvalue weighted by atomic mass is 16.7. The fraction of sp³-hybridized carbons (Fsp3) is 0.914. The SMILES string of the molecule is C[C@@H]1O[C@H](O[C@H]2CC[C@@]3(C)[C@H](CC[C@H]4[C@@H]3[C@H](O)C[C@]3(C)[C@H](C5=CC(=O)OC5)CC[C@]43O)C2)[C@H](O)[C@H](O)[C@H]1O[C@@H]1O[C@H](CO)[C@H](O)[C@@H](O)[C@@H]1O. The van der Waals surface area contributed by atoms with E-state index in [2.05, 4.69) is 13.8 Å². The Morgan fingerprint density at radius 1 is 0.878 bits per heavy atom. The zero-order valence-electron chi connectivity index (χ0n) is 28.4. The minimum absolute atomic E-state index is 0.0175.